The van der Waals surface area contributed by atoms with E-state index in [0.717, 1.165) is 0 Å². The minimum atomic E-state index is -0.856. The predicted molar refractivity (Wildman–Crippen MR) is 64.1 cm³/mol. The fraction of sp³-hybridized carbons (Fsp3) is 0.714. The molecule has 0 aromatic heterocycles. The predicted octanol–water partition coefficient (Wildman–Crippen LogP) is -0.234. The van der Waals surface area contributed by atoms with Crippen LogP contribution >= 0.6 is 24.8 Å². The van der Waals surface area contributed by atoms with E-state index >= 15 is 0 Å². The van der Waals surface area contributed by atoms with Crippen LogP contribution in [-0.2, 0) is 4.79 Å². The first-order valence-corrected chi connectivity index (χ1v) is 4.06. The third kappa shape index (κ3) is 11.2. The molecule has 0 aromatic rings. The highest BCUT2D eigenvalue weighted by atomic mass is 35.5. The Morgan fingerprint density at radius 1 is 1.53 bits per heavy atom. The second kappa shape index (κ2) is 11.4. The second-order valence-corrected chi connectivity index (χ2v) is 2.66. The molecular weight excluding hydrogens is 243 g/mol. The molecule has 6 N–H and O–H groups in total. The minimum Gasteiger partial charge on any atom is -0.480 e. The molecule has 0 fully saturated rings. The standard InChI is InChI=1S/C7H16N4O2.2ClH/c1-10-5(6(12)13)3-2-4-11-7(8)9;;/h5,10H,2-4H2,1H3,(H,12,13)(H4,8,9,11);2*1H/t5-;;/m0../s1. The van der Waals surface area contributed by atoms with Crippen molar-refractivity contribution in [1.82, 2.24) is 10.6 Å². The quantitative estimate of drug-likeness (QED) is 0.257. The molecule has 0 unspecified atom stereocenters. The van der Waals surface area contributed by atoms with Crippen molar-refractivity contribution in [1.29, 1.82) is 5.41 Å². The zero-order valence-electron chi connectivity index (χ0n) is 8.45. The van der Waals surface area contributed by atoms with Crippen molar-refractivity contribution in [3.05, 3.63) is 0 Å². The molecule has 0 aromatic carbocycles. The van der Waals surface area contributed by atoms with Gasteiger partial charge in [-0.2, -0.15) is 0 Å². The molecule has 0 rings (SSSR count). The fourth-order valence-corrected chi connectivity index (χ4v) is 0.921. The minimum absolute atomic E-state index is 0. The van der Waals surface area contributed by atoms with E-state index in [-0.39, 0.29) is 30.8 Å². The molecule has 0 saturated carbocycles. The average molecular weight is 261 g/mol. The van der Waals surface area contributed by atoms with Gasteiger partial charge in [0.25, 0.3) is 0 Å². The molecule has 0 spiro atoms. The summed E-state index contributed by atoms with van der Waals surface area (Å²) in [7, 11) is 1.61. The fourth-order valence-electron chi connectivity index (χ4n) is 0.921. The maximum atomic E-state index is 10.5. The lowest BCUT2D eigenvalue weighted by atomic mass is 10.1. The second-order valence-electron chi connectivity index (χ2n) is 2.66. The van der Waals surface area contributed by atoms with Crippen LogP contribution in [-0.4, -0.2) is 36.7 Å². The SMILES string of the molecule is CN[C@@H](CCCNC(=N)N)C(=O)O.Cl.Cl. The Balaban J connectivity index is -0.000000720. The summed E-state index contributed by atoms with van der Waals surface area (Å²) in [6.07, 6.45) is 1.18. The Kier molecular flexibility index (Phi) is 15.0. The van der Waals surface area contributed by atoms with Crippen molar-refractivity contribution in [3.63, 3.8) is 0 Å². The molecular formula is C7H18Cl2N4O2. The van der Waals surface area contributed by atoms with E-state index in [1.807, 2.05) is 0 Å². The van der Waals surface area contributed by atoms with Gasteiger partial charge in [0.1, 0.15) is 6.04 Å². The van der Waals surface area contributed by atoms with E-state index < -0.39 is 12.0 Å². The number of nitrogens with one attached hydrogen (secondary N) is 3. The van der Waals surface area contributed by atoms with Crippen LogP contribution in [0.25, 0.3) is 0 Å². The number of carboxylic acids is 1. The summed E-state index contributed by atoms with van der Waals surface area (Å²) in [6, 6.07) is -0.520. The number of halogens is 2. The van der Waals surface area contributed by atoms with Crippen molar-refractivity contribution in [2.45, 2.75) is 18.9 Å². The summed E-state index contributed by atoms with van der Waals surface area (Å²) in [6.45, 7) is 0.529. The molecule has 0 radical (unpaired) electrons. The van der Waals surface area contributed by atoms with Gasteiger partial charge in [-0.1, -0.05) is 0 Å². The molecule has 0 amide bonds. The summed E-state index contributed by atoms with van der Waals surface area (Å²) >= 11 is 0. The van der Waals surface area contributed by atoms with Crippen LogP contribution in [0.2, 0.25) is 0 Å². The number of carboxylic acid groups (broad SMARTS) is 1. The van der Waals surface area contributed by atoms with Crippen molar-refractivity contribution in [2.75, 3.05) is 13.6 Å². The van der Waals surface area contributed by atoms with E-state index in [9.17, 15) is 4.79 Å². The number of carbonyl (C=O) groups is 1. The zero-order valence-corrected chi connectivity index (χ0v) is 10.1. The van der Waals surface area contributed by atoms with E-state index in [1.54, 1.807) is 7.05 Å². The Hall–Kier alpha value is -0.720. The highest BCUT2D eigenvalue weighted by molar-refractivity contribution is 5.85. The number of guanidine groups is 1. The molecule has 8 heteroatoms. The zero-order chi connectivity index (χ0) is 10.3. The van der Waals surface area contributed by atoms with E-state index in [0.29, 0.717) is 19.4 Å². The number of aliphatic carboxylic acids is 1. The van der Waals surface area contributed by atoms with Gasteiger partial charge in [0.15, 0.2) is 5.96 Å². The first-order chi connectivity index (χ1) is 6.07. The Morgan fingerprint density at radius 2 is 2.07 bits per heavy atom. The molecule has 0 aliphatic carbocycles. The lowest BCUT2D eigenvalue weighted by Gasteiger charge is -2.10. The van der Waals surface area contributed by atoms with E-state index in [2.05, 4.69) is 10.6 Å². The summed E-state index contributed by atoms with van der Waals surface area (Å²) in [5, 5.41) is 20.8. The first kappa shape index (κ1) is 19.8. The Morgan fingerprint density at radius 3 is 2.40 bits per heavy atom. The monoisotopic (exact) mass is 260 g/mol. The van der Waals surface area contributed by atoms with Crippen LogP contribution in [0.3, 0.4) is 0 Å². The van der Waals surface area contributed by atoms with Crippen LogP contribution < -0.4 is 16.4 Å². The molecule has 0 heterocycles. The van der Waals surface area contributed by atoms with E-state index in [1.165, 1.54) is 0 Å². The molecule has 15 heavy (non-hydrogen) atoms. The highest BCUT2D eigenvalue weighted by Crippen LogP contribution is 1.95. The number of likely N-dealkylation sites (N-methyl/N-ethyl adjacent to an activating group) is 1. The summed E-state index contributed by atoms with van der Waals surface area (Å²) in [5.74, 6) is -0.943. The molecule has 0 bridgehead atoms. The summed E-state index contributed by atoms with van der Waals surface area (Å²) in [4.78, 5) is 10.5. The molecule has 6 nitrogen and oxygen atoms in total. The maximum absolute atomic E-state index is 10.5. The first-order valence-electron chi connectivity index (χ1n) is 4.06. The average Bonchev–Trinajstić information content (AvgIpc) is 2.03. The third-order valence-corrected chi connectivity index (χ3v) is 1.63. The van der Waals surface area contributed by atoms with Gasteiger partial charge in [0.05, 0.1) is 0 Å². The van der Waals surface area contributed by atoms with Crippen molar-refractivity contribution in [3.8, 4) is 0 Å². The number of rotatable bonds is 6. The third-order valence-electron chi connectivity index (χ3n) is 1.63. The molecule has 0 aliphatic heterocycles. The highest BCUT2D eigenvalue weighted by Gasteiger charge is 2.13. The van der Waals surface area contributed by atoms with Gasteiger partial charge in [-0.15, -0.1) is 24.8 Å². The lowest BCUT2D eigenvalue weighted by Crippen LogP contribution is -2.36. The van der Waals surface area contributed by atoms with Crippen LogP contribution in [0.5, 0.6) is 0 Å². The van der Waals surface area contributed by atoms with Crippen LogP contribution in [0.1, 0.15) is 12.8 Å². The normalized spacial score (nSPS) is 10.5. The summed E-state index contributed by atoms with van der Waals surface area (Å²) < 4.78 is 0. The van der Waals surface area contributed by atoms with Crippen LogP contribution in [0.15, 0.2) is 0 Å². The topological polar surface area (TPSA) is 111 Å². The molecule has 92 valence electrons. The van der Waals surface area contributed by atoms with Gasteiger partial charge >= 0.3 is 5.97 Å². The van der Waals surface area contributed by atoms with Crippen LogP contribution in [0.4, 0.5) is 0 Å². The van der Waals surface area contributed by atoms with Gasteiger partial charge in [0, 0.05) is 6.54 Å². The van der Waals surface area contributed by atoms with Crippen LogP contribution in [0, 0.1) is 5.41 Å². The molecule has 1 atom stereocenters. The van der Waals surface area contributed by atoms with Gasteiger partial charge in [-0.3, -0.25) is 10.2 Å². The summed E-state index contributed by atoms with van der Waals surface area (Å²) in [5.41, 5.74) is 5.04. The van der Waals surface area contributed by atoms with Crippen molar-refractivity contribution >= 4 is 36.7 Å². The number of nitrogens with two attached hydrogens (primary N) is 1. The van der Waals surface area contributed by atoms with Gasteiger partial charge in [-0.25, -0.2) is 0 Å². The van der Waals surface area contributed by atoms with Gasteiger partial charge in [-0.05, 0) is 19.9 Å². The number of hydrogen-bond donors (Lipinski definition) is 5. The maximum Gasteiger partial charge on any atom is 0.320 e. The lowest BCUT2D eigenvalue weighted by molar-refractivity contribution is -0.139. The number of hydrogen-bond acceptors (Lipinski definition) is 3. The van der Waals surface area contributed by atoms with Gasteiger partial charge in [0.2, 0.25) is 0 Å². The molecule has 0 aliphatic rings. The molecule has 0 saturated heterocycles. The van der Waals surface area contributed by atoms with Gasteiger partial charge < -0.3 is 21.5 Å². The largest absolute Gasteiger partial charge is 0.480 e. The Bertz CT molecular complexity index is 192. The van der Waals surface area contributed by atoms with Crippen molar-refractivity contribution < 1.29 is 9.90 Å². The smallest absolute Gasteiger partial charge is 0.320 e. The van der Waals surface area contributed by atoms with E-state index in [4.69, 9.17) is 16.2 Å². The Labute approximate surface area is 101 Å². The van der Waals surface area contributed by atoms with Crippen molar-refractivity contribution in [2.24, 2.45) is 5.73 Å².